The Kier molecular flexibility index (Phi) is 5.30. The first-order valence-corrected chi connectivity index (χ1v) is 6.94. The third kappa shape index (κ3) is 4.27. The third-order valence-corrected chi connectivity index (χ3v) is 3.27. The third-order valence-electron chi connectivity index (χ3n) is 3.27. The predicted molar refractivity (Wildman–Crippen MR) is 73.9 cm³/mol. The fourth-order valence-corrected chi connectivity index (χ4v) is 2.25. The quantitative estimate of drug-likeness (QED) is 0.799. The SMILES string of the molecule is CCOC(=O)C1CN(OC(=O)Cc2ccccc2)CC1O. The first-order valence-electron chi connectivity index (χ1n) is 6.94. The second kappa shape index (κ2) is 7.19. The number of benzene rings is 1. The summed E-state index contributed by atoms with van der Waals surface area (Å²) in [6.07, 6.45) is -0.731. The molecule has 0 bridgehead atoms. The maximum Gasteiger partial charge on any atom is 0.329 e. The minimum absolute atomic E-state index is 0.115. The van der Waals surface area contributed by atoms with Crippen molar-refractivity contribution in [2.45, 2.75) is 19.4 Å². The Labute approximate surface area is 123 Å². The molecule has 1 fully saturated rings. The van der Waals surface area contributed by atoms with Crippen LogP contribution >= 0.6 is 0 Å². The van der Waals surface area contributed by atoms with Gasteiger partial charge in [0.15, 0.2) is 0 Å². The average molecular weight is 293 g/mol. The van der Waals surface area contributed by atoms with Crippen LogP contribution in [0.25, 0.3) is 0 Å². The molecule has 1 aliphatic heterocycles. The number of carbonyl (C=O) groups is 2. The van der Waals surface area contributed by atoms with E-state index >= 15 is 0 Å². The molecular formula is C15H19NO5. The highest BCUT2D eigenvalue weighted by Crippen LogP contribution is 2.19. The van der Waals surface area contributed by atoms with Crippen LogP contribution in [0.4, 0.5) is 0 Å². The fourth-order valence-electron chi connectivity index (χ4n) is 2.25. The van der Waals surface area contributed by atoms with Crippen molar-refractivity contribution in [3.05, 3.63) is 35.9 Å². The first-order chi connectivity index (χ1) is 10.1. The van der Waals surface area contributed by atoms with Crippen molar-refractivity contribution in [1.82, 2.24) is 5.06 Å². The molecule has 1 N–H and O–H groups in total. The van der Waals surface area contributed by atoms with Crippen LogP contribution in [0.2, 0.25) is 0 Å². The van der Waals surface area contributed by atoms with Crippen LogP contribution in [0.5, 0.6) is 0 Å². The van der Waals surface area contributed by atoms with Gasteiger partial charge in [-0.3, -0.25) is 4.79 Å². The zero-order valence-electron chi connectivity index (χ0n) is 11.9. The smallest absolute Gasteiger partial charge is 0.329 e. The van der Waals surface area contributed by atoms with Crippen LogP contribution in [-0.2, 0) is 25.6 Å². The summed E-state index contributed by atoms with van der Waals surface area (Å²) in [5, 5.41) is 11.1. The van der Waals surface area contributed by atoms with Gasteiger partial charge in [0.25, 0.3) is 0 Å². The van der Waals surface area contributed by atoms with Crippen molar-refractivity contribution in [3.8, 4) is 0 Å². The number of hydrogen-bond donors (Lipinski definition) is 1. The molecule has 0 spiro atoms. The van der Waals surface area contributed by atoms with Gasteiger partial charge >= 0.3 is 11.9 Å². The zero-order valence-corrected chi connectivity index (χ0v) is 11.9. The van der Waals surface area contributed by atoms with Gasteiger partial charge in [-0.25, -0.2) is 4.79 Å². The Morgan fingerprint density at radius 2 is 2.00 bits per heavy atom. The molecule has 2 atom stereocenters. The summed E-state index contributed by atoms with van der Waals surface area (Å²) in [6, 6.07) is 9.23. The number of β-amino-alcohol motifs (C(OH)–C–C–N with tert-alkyl or cyclic N) is 1. The highest BCUT2D eigenvalue weighted by Gasteiger charge is 2.39. The Hall–Kier alpha value is -1.92. The summed E-state index contributed by atoms with van der Waals surface area (Å²) in [6.45, 7) is 2.23. The zero-order chi connectivity index (χ0) is 15.2. The van der Waals surface area contributed by atoms with E-state index in [9.17, 15) is 14.7 Å². The number of esters is 1. The summed E-state index contributed by atoms with van der Waals surface area (Å²) < 4.78 is 4.88. The van der Waals surface area contributed by atoms with E-state index in [1.807, 2.05) is 30.3 Å². The molecule has 0 aromatic heterocycles. The average Bonchev–Trinajstić information content (AvgIpc) is 2.80. The molecule has 1 aliphatic rings. The van der Waals surface area contributed by atoms with Gasteiger partial charge in [-0.1, -0.05) is 30.3 Å². The lowest BCUT2D eigenvalue weighted by atomic mass is 10.1. The monoisotopic (exact) mass is 293 g/mol. The van der Waals surface area contributed by atoms with E-state index in [-0.39, 0.29) is 26.1 Å². The molecule has 6 heteroatoms. The van der Waals surface area contributed by atoms with Crippen molar-refractivity contribution in [3.63, 3.8) is 0 Å². The molecule has 1 heterocycles. The molecule has 2 rings (SSSR count). The minimum atomic E-state index is -0.881. The van der Waals surface area contributed by atoms with Gasteiger partial charge in [0.1, 0.15) is 5.92 Å². The second-order valence-corrected chi connectivity index (χ2v) is 4.90. The van der Waals surface area contributed by atoms with E-state index in [2.05, 4.69) is 0 Å². The van der Waals surface area contributed by atoms with Crippen LogP contribution in [0, 0.1) is 5.92 Å². The Morgan fingerprint density at radius 3 is 2.67 bits per heavy atom. The lowest BCUT2D eigenvalue weighted by Crippen LogP contribution is -2.28. The number of carbonyl (C=O) groups excluding carboxylic acids is 2. The molecule has 2 unspecified atom stereocenters. The molecular weight excluding hydrogens is 274 g/mol. The number of nitrogens with zero attached hydrogens (tertiary/aromatic N) is 1. The van der Waals surface area contributed by atoms with Gasteiger partial charge in [-0.05, 0) is 12.5 Å². The Balaban J connectivity index is 1.84. The van der Waals surface area contributed by atoms with E-state index in [4.69, 9.17) is 9.57 Å². The number of hydrogen-bond acceptors (Lipinski definition) is 6. The molecule has 114 valence electrons. The van der Waals surface area contributed by atoms with E-state index < -0.39 is 24.0 Å². The highest BCUT2D eigenvalue weighted by molar-refractivity contribution is 5.74. The van der Waals surface area contributed by atoms with Crippen LogP contribution in [0.1, 0.15) is 12.5 Å². The number of aliphatic hydroxyl groups is 1. The molecule has 1 aromatic carbocycles. The second-order valence-electron chi connectivity index (χ2n) is 4.90. The summed E-state index contributed by atoms with van der Waals surface area (Å²) in [7, 11) is 0. The van der Waals surface area contributed by atoms with Crippen LogP contribution in [0.15, 0.2) is 30.3 Å². The van der Waals surface area contributed by atoms with Crippen molar-refractivity contribution in [1.29, 1.82) is 0 Å². The van der Waals surface area contributed by atoms with Gasteiger partial charge in [0, 0.05) is 0 Å². The highest BCUT2D eigenvalue weighted by atomic mass is 16.7. The molecule has 0 aliphatic carbocycles. The normalized spacial score (nSPS) is 22.0. The molecule has 6 nitrogen and oxygen atoms in total. The standard InChI is InChI=1S/C15H19NO5/c1-2-20-15(19)12-9-16(10-13(12)17)21-14(18)8-11-6-4-3-5-7-11/h3-7,12-13,17H,2,8-10H2,1H3. The van der Waals surface area contributed by atoms with Gasteiger partial charge in [0.2, 0.25) is 0 Å². The van der Waals surface area contributed by atoms with Gasteiger partial charge in [-0.2, -0.15) is 0 Å². The largest absolute Gasteiger partial charge is 0.466 e. The Bertz CT molecular complexity index is 490. The van der Waals surface area contributed by atoms with E-state index in [1.54, 1.807) is 6.92 Å². The predicted octanol–water partition coefficient (Wildman–Crippen LogP) is 0.543. The number of aliphatic hydroxyl groups excluding tert-OH is 1. The number of rotatable bonds is 5. The van der Waals surface area contributed by atoms with Crippen LogP contribution in [0.3, 0.4) is 0 Å². The fraction of sp³-hybridized carbons (Fsp3) is 0.467. The minimum Gasteiger partial charge on any atom is -0.466 e. The van der Waals surface area contributed by atoms with E-state index in [0.717, 1.165) is 5.56 Å². The molecule has 0 saturated carbocycles. The summed E-state index contributed by atoms with van der Waals surface area (Å²) >= 11 is 0. The van der Waals surface area contributed by atoms with Gasteiger partial charge < -0.3 is 14.7 Å². The number of ether oxygens (including phenoxy) is 1. The molecule has 21 heavy (non-hydrogen) atoms. The van der Waals surface area contributed by atoms with Crippen LogP contribution in [-0.4, -0.2) is 47.9 Å². The lowest BCUT2D eigenvalue weighted by Gasteiger charge is -2.14. The van der Waals surface area contributed by atoms with Gasteiger partial charge in [0.05, 0.1) is 32.2 Å². The number of hydroxylamine groups is 2. The van der Waals surface area contributed by atoms with E-state index in [0.29, 0.717) is 0 Å². The summed E-state index contributed by atoms with van der Waals surface area (Å²) in [5.41, 5.74) is 0.851. The van der Waals surface area contributed by atoms with Crippen molar-refractivity contribution in [2.75, 3.05) is 19.7 Å². The molecule has 1 aromatic rings. The van der Waals surface area contributed by atoms with Gasteiger partial charge in [-0.15, -0.1) is 5.06 Å². The molecule has 0 radical (unpaired) electrons. The maximum atomic E-state index is 11.8. The van der Waals surface area contributed by atoms with Crippen molar-refractivity contribution < 1.29 is 24.3 Å². The molecule has 1 saturated heterocycles. The van der Waals surface area contributed by atoms with Crippen molar-refractivity contribution >= 4 is 11.9 Å². The van der Waals surface area contributed by atoms with E-state index in [1.165, 1.54) is 5.06 Å². The summed E-state index contributed by atoms with van der Waals surface area (Å²) in [4.78, 5) is 28.6. The first kappa shape index (κ1) is 15.5. The van der Waals surface area contributed by atoms with Crippen LogP contribution < -0.4 is 0 Å². The summed E-state index contributed by atoms with van der Waals surface area (Å²) in [5.74, 6) is -1.56. The topological polar surface area (TPSA) is 76.1 Å². The maximum absolute atomic E-state index is 11.8. The molecule has 0 amide bonds. The Morgan fingerprint density at radius 1 is 1.29 bits per heavy atom. The lowest BCUT2D eigenvalue weighted by molar-refractivity contribution is -0.186. The van der Waals surface area contributed by atoms with Crippen molar-refractivity contribution in [2.24, 2.45) is 5.92 Å².